The number of hydrogen-bond acceptors (Lipinski definition) is 4. The lowest BCUT2D eigenvalue weighted by atomic mass is 10.1. The molecule has 130 valence electrons. The summed E-state index contributed by atoms with van der Waals surface area (Å²) in [6, 6.07) is 12.6. The normalized spacial score (nSPS) is 18.1. The minimum absolute atomic E-state index is 0.237. The summed E-state index contributed by atoms with van der Waals surface area (Å²) < 4.78 is 18.3. The minimum Gasteiger partial charge on any atom is -0.447 e. The van der Waals surface area contributed by atoms with Crippen molar-refractivity contribution in [2.24, 2.45) is 0 Å². The van der Waals surface area contributed by atoms with Gasteiger partial charge in [0.2, 0.25) is 0 Å². The number of cyclic esters (lactones) is 1. The number of ether oxygens (including phenoxy) is 1. The van der Waals surface area contributed by atoms with Crippen LogP contribution in [-0.2, 0) is 11.3 Å². The van der Waals surface area contributed by atoms with Gasteiger partial charge < -0.3 is 14.5 Å². The zero-order valence-corrected chi connectivity index (χ0v) is 14.1. The van der Waals surface area contributed by atoms with E-state index in [2.05, 4.69) is 22.9 Å². The molecular weight excluding hydrogens is 321 g/mol. The van der Waals surface area contributed by atoms with Crippen molar-refractivity contribution in [2.45, 2.75) is 6.54 Å². The highest BCUT2D eigenvalue weighted by Gasteiger charge is 2.26. The van der Waals surface area contributed by atoms with E-state index in [1.54, 1.807) is 17.0 Å². The van der Waals surface area contributed by atoms with E-state index in [-0.39, 0.29) is 11.9 Å². The van der Waals surface area contributed by atoms with Crippen LogP contribution in [0.25, 0.3) is 0 Å². The van der Waals surface area contributed by atoms with E-state index in [1.807, 2.05) is 12.1 Å². The molecule has 0 aromatic heterocycles. The molecule has 1 saturated heterocycles. The number of hydrogen-bond donors (Lipinski definition) is 0. The fourth-order valence-corrected chi connectivity index (χ4v) is 3.41. The third kappa shape index (κ3) is 3.05. The number of halogens is 1. The van der Waals surface area contributed by atoms with Gasteiger partial charge in [-0.15, -0.1) is 0 Å². The molecule has 0 unspecified atom stereocenters. The number of anilines is 3. The Hall–Kier alpha value is -2.60. The predicted octanol–water partition coefficient (Wildman–Crippen LogP) is 3.37. The number of amides is 1. The van der Waals surface area contributed by atoms with Gasteiger partial charge in [0.05, 0.1) is 6.54 Å². The Morgan fingerprint density at radius 1 is 0.960 bits per heavy atom. The van der Waals surface area contributed by atoms with E-state index < -0.39 is 0 Å². The van der Waals surface area contributed by atoms with Crippen LogP contribution < -0.4 is 9.80 Å². The molecule has 2 aliphatic rings. The van der Waals surface area contributed by atoms with Gasteiger partial charge in [0.25, 0.3) is 0 Å². The van der Waals surface area contributed by atoms with Gasteiger partial charge in [0, 0.05) is 36.7 Å². The molecule has 6 heteroatoms. The summed E-state index contributed by atoms with van der Waals surface area (Å²) in [5, 5.41) is 0. The lowest BCUT2D eigenvalue weighted by molar-refractivity contribution is 0.181. The largest absolute Gasteiger partial charge is 0.447 e. The fraction of sp³-hybridized carbons (Fsp3) is 0.316. The highest BCUT2D eigenvalue weighted by atomic mass is 19.1. The molecule has 4 rings (SSSR count). The van der Waals surface area contributed by atoms with Gasteiger partial charge in [0.15, 0.2) is 0 Å². The van der Waals surface area contributed by atoms with Crippen LogP contribution in [0.15, 0.2) is 42.5 Å². The molecule has 2 heterocycles. The summed E-state index contributed by atoms with van der Waals surface area (Å²) >= 11 is 0. The van der Waals surface area contributed by atoms with Gasteiger partial charge in [0.1, 0.15) is 12.4 Å². The zero-order chi connectivity index (χ0) is 17.4. The zero-order valence-electron chi connectivity index (χ0n) is 14.1. The van der Waals surface area contributed by atoms with Crippen molar-refractivity contribution in [2.75, 3.05) is 43.1 Å². The molecule has 25 heavy (non-hydrogen) atoms. The monoisotopic (exact) mass is 341 g/mol. The Morgan fingerprint density at radius 3 is 2.44 bits per heavy atom. The topological polar surface area (TPSA) is 36.0 Å². The first-order valence-electron chi connectivity index (χ1n) is 8.41. The molecule has 0 atom stereocenters. The number of likely N-dealkylation sites (N-methyl/N-ethyl adjacent to an activating group) is 1. The third-order valence-corrected chi connectivity index (χ3v) is 4.71. The number of fused-ring (bicyclic) bond motifs is 1. The molecule has 0 aliphatic carbocycles. The summed E-state index contributed by atoms with van der Waals surface area (Å²) in [6.45, 7) is 3.52. The smallest absolute Gasteiger partial charge is 0.414 e. The number of carbonyl (C=O) groups is 1. The Kier molecular flexibility index (Phi) is 4.05. The van der Waals surface area contributed by atoms with Gasteiger partial charge >= 0.3 is 6.09 Å². The minimum atomic E-state index is -0.294. The molecule has 1 amide bonds. The van der Waals surface area contributed by atoms with E-state index in [1.165, 1.54) is 12.1 Å². The molecule has 2 aliphatic heterocycles. The number of nitrogens with zero attached hydrogens (tertiary/aromatic N) is 3. The number of benzene rings is 2. The van der Waals surface area contributed by atoms with Crippen LogP contribution >= 0.6 is 0 Å². The van der Waals surface area contributed by atoms with Crippen molar-refractivity contribution >= 4 is 23.2 Å². The van der Waals surface area contributed by atoms with E-state index >= 15 is 0 Å². The Balaban J connectivity index is 1.73. The fourth-order valence-electron chi connectivity index (χ4n) is 3.41. The molecule has 1 fully saturated rings. The maximum absolute atomic E-state index is 13.3. The first-order chi connectivity index (χ1) is 12.1. The van der Waals surface area contributed by atoms with Crippen LogP contribution in [0.5, 0.6) is 0 Å². The van der Waals surface area contributed by atoms with Crippen LogP contribution in [0, 0.1) is 5.82 Å². The molecule has 0 bridgehead atoms. The molecule has 2 aromatic carbocycles. The first-order valence-corrected chi connectivity index (χ1v) is 8.41. The van der Waals surface area contributed by atoms with E-state index in [4.69, 9.17) is 4.74 Å². The Bertz CT molecular complexity index is 794. The van der Waals surface area contributed by atoms with Crippen molar-refractivity contribution in [3.8, 4) is 0 Å². The number of rotatable bonds is 2. The quantitative estimate of drug-likeness (QED) is 0.839. The SMILES string of the molecule is CN1CCN(c2ccc(F)cc2)c2ccc(N3CCOC3=O)cc2C1. The lowest BCUT2D eigenvalue weighted by Crippen LogP contribution is -2.26. The first kappa shape index (κ1) is 15.9. The van der Waals surface area contributed by atoms with Crippen LogP contribution in [0.4, 0.5) is 26.2 Å². The van der Waals surface area contributed by atoms with Crippen molar-refractivity contribution in [3.63, 3.8) is 0 Å². The maximum atomic E-state index is 13.3. The summed E-state index contributed by atoms with van der Waals surface area (Å²) in [5.41, 5.74) is 4.05. The third-order valence-electron chi connectivity index (χ3n) is 4.71. The number of carbonyl (C=O) groups excluding carboxylic acids is 1. The molecule has 0 saturated carbocycles. The summed E-state index contributed by atoms with van der Waals surface area (Å²) in [4.78, 5) is 17.9. The second kappa shape index (κ2) is 6.37. The summed E-state index contributed by atoms with van der Waals surface area (Å²) in [5.74, 6) is -0.237. The van der Waals surface area contributed by atoms with Crippen LogP contribution in [-0.4, -0.2) is 44.3 Å². The molecule has 0 spiro atoms. The Labute approximate surface area is 146 Å². The van der Waals surface area contributed by atoms with Crippen molar-refractivity contribution in [1.82, 2.24) is 4.90 Å². The average Bonchev–Trinajstić information content (AvgIpc) is 2.95. The second-order valence-corrected chi connectivity index (χ2v) is 6.44. The average molecular weight is 341 g/mol. The molecule has 0 radical (unpaired) electrons. The van der Waals surface area contributed by atoms with Gasteiger partial charge in [-0.2, -0.15) is 0 Å². The van der Waals surface area contributed by atoms with Crippen LogP contribution in [0.1, 0.15) is 5.56 Å². The van der Waals surface area contributed by atoms with Crippen molar-refractivity contribution in [1.29, 1.82) is 0 Å². The van der Waals surface area contributed by atoms with E-state index in [0.717, 1.165) is 42.3 Å². The Morgan fingerprint density at radius 2 is 1.72 bits per heavy atom. The van der Waals surface area contributed by atoms with Gasteiger partial charge in [-0.05, 0) is 55.1 Å². The molecular formula is C19H20FN3O2. The maximum Gasteiger partial charge on any atom is 0.414 e. The molecule has 5 nitrogen and oxygen atoms in total. The van der Waals surface area contributed by atoms with Crippen molar-refractivity contribution in [3.05, 3.63) is 53.8 Å². The van der Waals surface area contributed by atoms with Gasteiger partial charge in [-0.1, -0.05) is 0 Å². The van der Waals surface area contributed by atoms with E-state index in [9.17, 15) is 9.18 Å². The predicted molar refractivity (Wildman–Crippen MR) is 94.9 cm³/mol. The van der Waals surface area contributed by atoms with Crippen LogP contribution in [0.3, 0.4) is 0 Å². The summed E-state index contributed by atoms with van der Waals surface area (Å²) in [6.07, 6.45) is -0.294. The van der Waals surface area contributed by atoms with Gasteiger partial charge in [-0.3, -0.25) is 4.90 Å². The molecule has 2 aromatic rings. The van der Waals surface area contributed by atoms with E-state index in [0.29, 0.717) is 13.2 Å². The summed E-state index contributed by atoms with van der Waals surface area (Å²) in [7, 11) is 2.08. The van der Waals surface area contributed by atoms with Crippen LogP contribution in [0.2, 0.25) is 0 Å². The second-order valence-electron chi connectivity index (χ2n) is 6.44. The lowest BCUT2D eigenvalue weighted by Gasteiger charge is -2.26. The highest BCUT2D eigenvalue weighted by Crippen LogP contribution is 2.34. The highest BCUT2D eigenvalue weighted by molar-refractivity contribution is 5.90. The standard InChI is InChI=1S/C19H20FN3O2/c1-21-8-9-22(16-4-2-15(20)3-5-16)18-7-6-17(12-14(18)13-21)23-10-11-25-19(23)24/h2-7,12H,8-11,13H2,1H3. The van der Waals surface area contributed by atoms with Crippen molar-refractivity contribution < 1.29 is 13.9 Å². The van der Waals surface area contributed by atoms with Gasteiger partial charge in [-0.25, -0.2) is 9.18 Å². The molecule has 0 N–H and O–H groups in total.